The summed E-state index contributed by atoms with van der Waals surface area (Å²) in [5, 5.41) is 6.96. The average Bonchev–Trinajstić information content (AvgIpc) is 3.02. The molecule has 0 spiro atoms. The Morgan fingerprint density at radius 2 is 1.90 bits per heavy atom. The number of amides is 1. The molecular formula is C16H25N3O2. The van der Waals surface area contributed by atoms with Crippen molar-refractivity contribution in [3.63, 3.8) is 0 Å². The van der Waals surface area contributed by atoms with Crippen LogP contribution in [-0.4, -0.2) is 16.0 Å². The molecule has 0 radical (unpaired) electrons. The number of aromatic nitrogens is 2. The van der Waals surface area contributed by atoms with Crippen LogP contribution in [0.25, 0.3) is 0 Å². The van der Waals surface area contributed by atoms with Crippen LogP contribution in [0.2, 0.25) is 0 Å². The third kappa shape index (κ3) is 3.93. The van der Waals surface area contributed by atoms with E-state index in [0.717, 1.165) is 5.57 Å². The van der Waals surface area contributed by atoms with Crippen LogP contribution in [0.5, 0.6) is 0 Å². The summed E-state index contributed by atoms with van der Waals surface area (Å²) in [5.74, 6) is 1.56. The second-order valence-electron chi connectivity index (χ2n) is 7.45. The maximum Gasteiger partial charge on any atom is 0.244 e. The molecule has 0 saturated heterocycles. The van der Waals surface area contributed by atoms with Gasteiger partial charge in [-0.15, -0.1) is 0 Å². The van der Waals surface area contributed by atoms with E-state index in [1.165, 1.54) is 12.8 Å². The lowest BCUT2D eigenvalue weighted by molar-refractivity contribution is -0.118. The second kappa shape index (κ2) is 5.28. The van der Waals surface area contributed by atoms with E-state index in [9.17, 15) is 4.79 Å². The molecule has 5 nitrogen and oxygen atoms in total. The Morgan fingerprint density at radius 1 is 1.29 bits per heavy atom. The van der Waals surface area contributed by atoms with Crippen LogP contribution in [-0.2, 0) is 15.7 Å². The van der Waals surface area contributed by atoms with Crippen LogP contribution in [0, 0.1) is 5.92 Å². The van der Waals surface area contributed by atoms with Gasteiger partial charge in [0.1, 0.15) is 0 Å². The van der Waals surface area contributed by atoms with Gasteiger partial charge >= 0.3 is 0 Å². The van der Waals surface area contributed by atoms with E-state index in [0.29, 0.717) is 17.6 Å². The third-order valence-corrected chi connectivity index (χ3v) is 3.64. The second-order valence-corrected chi connectivity index (χ2v) is 7.45. The molecule has 0 atom stereocenters. The van der Waals surface area contributed by atoms with Gasteiger partial charge in [0.25, 0.3) is 0 Å². The summed E-state index contributed by atoms with van der Waals surface area (Å²) in [4.78, 5) is 16.5. The molecule has 0 aliphatic heterocycles. The zero-order valence-electron chi connectivity index (χ0n) is 13.8. The molecule has 2 rings (SSSR count). The summed E-state index contributed by atoms with van der Waals surface area (Å²) in [6.07, 6.45) is 4.07. The minimum Gasteiger partial charge on any atom is -0.340 e. The molecule has 21 heavy (non-hydrogen) atoms. The van der Waals surface area contributed by atoms with Gasteiger partial charge < -0.3 is 9.84 Å². The Bertz CT molecular complexity index is 560. The fourth-order valence-corrected chi connectivity index (χ4v) is 2.05. The van der Waals surface area contributed by atoms with Crippen molar-refractivity contribution in [2.24, 2.45) is 5.92 Å². The first kappa shape index (κ1) is 15.7. The highest BCUT2D eigenvalue weighted by molar-refractivity contribution is 5.88. The maximum absolute atomic E-state index is 12.1. The summed E-state index contributed by atoms with van der Waals surface area (Å²) < 4.78 is 5.30. The standard InChI is InChI=1S/C16H25N3O2/c1-10(11-7-8-11)9-12(20)18-16(5,6)13-17-14(21-19-13)15(2,3)4/h9,11H,7-8H2,1-6H3,(H,18,20). The largest absolute Gasteiger partial charge is 0.340 e. The van der Waals surface area contributed by atoms with Crippen molar-refractivity contribution in [3.8, 4) is 0 Å². The Morgan fingerprint density at radius 3 is 2.38 bits per heavy atom. The Labute approximate surface area is 126 Å². The fourth-order valence-electron chi connectivity index (χ4n) is 2.05. The van der Waals surface area contributed by atoms with Gasteiger partial charge in [-0.3, -0.25) is 4.79 Å². The first-order valence-corrected chi connectivity index (χ1v) is 7.44. The minimum atomic E-state index is -0.662. The predicted octanol–water partition coefficient (Wildman–Crippen LogP) is 3.07. The molecule has 0 bridgehead atoms. The zero-order chi connectivity index (χ0) is 15.8. The van der Waals surface area contributed by atoms with Crippen molar-refractivity contribution in [1.82, 2.24) is 15.5 Å². The van der Waals surface area contributed by atoms with Crippen LogP contribution >= 0.6 is 0 Å². The van der Waals surface area contributed by atoms with Crippen molar-refractivity contribution in [2.75, 3.05) is 0 Å². The van der Waals surface area contributed by atoms with Gasteiger partial charge in [-0.25, -0.2) is 0 Å². The van der Waals surface area contributed by atoms with Crippen LogP contribution in [0.3, 0.4) is 0 Å². The molecule has 1 heterocycles. The first-order valence-electron chi connectivity index (χ1n) is 7.44. The van der Waals surface area contributed by atoms with E-state index in [1.807, 2.05) is 41.5 Å². The highest BCUT2D eigenvalue weighted by Gasteiger charge is 2.31. The van der Waals surface area contributed by atoms with Gasteiger partial charge in [-0.1, -0.05) is 31.5 Å². The molecule has 1 aromatic heterocycles. The first-order chi connectivity index (χ1) is 9.59. The Balaban J connectivity index is 2.08. The molecule has 1 N–H and O–H groups in total. The molecule has 1 aromatic rings. The Kier molecular flexibility index (Phi) is 3.95. The van der Waals surface area contributed by atoms with E-state index < -0.39 is 5.54 Å². The molecule has 0 unspecified atom stereocenters. The van der Waals surface area contributed by atoms with E-state index in [4.69, 9.17) is 4.52 Å². The molecule has 1 aliphatic carbocycles. The molecule has 1 amide bonds. The number of hydrogen-bond acceptors (Lipinski definition) is 4. The van der Waals surface area contributed by atoms with E-state index in [-0.39, 0.29) is 11.3 Å². The van der Waals surface area contributed by atoms with Crippen molar-refractivity contribution >= 4 is 5.91 Å². The summed E-state index contributed by atoms with van der Waals surface area (Å²) in [6.45, 7) is 11.8. The van der Waals surface area contributed by atoms with Gasteiger partial charge in [0.15, 0.2) is 5.82 Å². The summed E-state index contributed by atoms with van der Waals surface area (Å²) in [6, 6.07) is 0. The number of hydrogen-bond donors (Lipinski definition) is 1. The van der Waals surface area contributed by atoms with Gasteiger partial charge in [0.2, 0.25) is 11.8 Å². The van der Waals surface area contributed by atoms with Crippen molar-refractivity contribution in [2.45, 2.75) is 65.3 Å². The lowest BCUT2D eigenvalue weighted by Crippen LogP contribution is -2.41. The van der Waals surface area contributed by atoms with E-state index in [2.05, 4.69) is 15.5 Å². The van der Waals surface area contributed by atoms with Gasteiger partial charge in [0.05, 0.1) is 5.54 Å². The smallest absolute Gasteiger partial charge is 0.244 e. The molecule has 1 saturated carbocycles. The molecule has 1 fully saturated rings. The number of carbonyl (C=O) groups excluding carboxylic acids is 1. The molecule has 116 valence electrons. The predicted molar refractivity (Wildman–Crippen MR) is 80.6 cm³/mol. The lowest BCUT2D eigenvalue weighted by Gasteiger charge is -2.21. The van der Waals surface area contributed by atoms with Crippen LogP contribution in [0.1, 0.15) is 66.1 Å². The lowest BCUT2D eigenvalue weighted by atomic mass is 9.97. The summed E-state index contributed by atoms with van der Waals surface area (Å²) in [5.41, 5.74) is 0.282. The summed E-state index contributed by atoms with van der Waals surface area (Å²) in [7, 11) is 0. The SMILES string of the molecule is CC(=CC(=O)NC(C)(C)c1noc(C(C)(C)C)n1)C1CC1. The molecule has 0 aromatic carbocycles. The average molecular weight is 291 g/mol. The topological polar surface area (TPSA) is 68.0 Å². The quantitative estimate of drug-likeness (QED) is 0.866. The van der Waals surface area contributed by atoms with Gasteiger partial charge in [-0.05, 0) is 39.5 Å². The third-order valence-electron chi connectivity index (χ3n) is 3.64. The monoisotopic (exact) mass is 291 g/mol. The highest BCUT2D eigenvalue weighted by Crippen LogP contribution is 2.35. The number of nitrogens with one attached hydrogen (secondary N) is 1. The number of rotatable bonds is 4. The van der Waals surface area contributed by atoms with Crippen molar-refractivity contribution in [1.29, 1.82) is 0 Å². The van der Waals surface area contributed by atoms with Gasteiger partial charge in [-0.2, -0.15) is 4.98 Å². The van der Waals surface area contributed by atoms with Crippen molar-refractivity contribution < 1.29 is 9.32 Å². The number of allylic oxidation sites excluding steroid dienone is 1. The number of nitrogens with zero attached hydrogens (tertiary/aromatic N) is 2. The normalized spacial score (nSPS) is 17.0. The highest BCUT2D eigenvalue weighted by atomic mass is 16.5. The van der Waals surface area contributed by atoms with Gasteiger partial charge in [0, 0.05) is 11.5 Å². The number of carbonyl (C=O) groups is 1. The zero-order valence-corrected chi connectivity index (χ0v) is 13.8. The van der Waals surface area contributed by atoms with Crippen LogP contribution in [0.15, 0.2) is 16.2 Å². The maximum atomic E-state index is 12.1. The Hall–Kier alpha value is -1.65. The molecule has 1 aliphatic rings. The summed E-state index contributed by atoms with van der Waals surface area (Å²) >= 11 is 0. The van der Waals surface area contributed by atoms with Crippen LogP contribution in [0.4, 0.5) is 0 Å². The fraction of sp³-hybridized carbons (Fsp3) is 0.688. The van der Waals surface area contributed by atoms with E-state index in [1.54, 1.807) is 6.08 Å². The molecule has 5 heteroatoms. The van der Waals surface area contributed by atoms with Crippen LogP contribution < -0.4 is 5.32 Å². The van der Waals surface area contributed by atoms with E-state index >= 15 is 0 Å². The molecular weight excluding hydrogens is 266 g/mol. The van der Waals surface area contributed by atoms with Crippen molar-refractivity contribution in [3.05, 3.63) is 23.4 Å². The minimum absolute atomic E-state index is 0.105.